The van der Waals surface area contributed by atoms with Gasteiger partial charge in [-0.2, -0.15) is 6.92 Å². The van der Waals surface area contributed by atoms with Crippen LogP contribution in [-0.2, 0) is 0 Å². The minimum Gasteiger partial charge on any atom is -0.338 e. The second-order valence-corrected chi connectivity index (χ2v) is 4.42. The molecule has 1 aliphatic heterocycles. The Kier molecular flexibility index (Phi) is 2.40. The molecular weight excluding hydrogens is 124 g/mol. The molecule has 0 aliphatic carbocycles. The molecule has 0 unspecified atom stereocenters. The molecule has 0 saturated carbocycles. The van der Waals surface area contributed by atoms with Crippen LogP contribution < -0.4 is 0 Å². The molecular formula is C5H9S2-. The largest absolute Gasteiger partial charge is 0.338 e. The average molecular weight is 133 g/mol. The summed E-state index contributed by atoms with van der Waals surface area (Å²) in [5.74, 6) is 2.69. The Labute approximate surface area is 53.4 Å². The monoisotopic (exact) mass is 133 g/mol. The quantitative estimate of drug-likeness (QED) is 0.465. The first-order valence-corrected chi connectivity index (χ1v) is 4.46. The first-order chi connectivity index (χ1) is 3.39. The molecule has 1 heterocycles. The second-order valence-electron chi connectivity index (χ2n) is 1.54. The number of hydrogen-bond acceptors (Lipinski definition) is 2. The van der Waals surface area contributed by atoms with Crippen molar-refractivity contribution in [3.63, 3.8) is 0 Å². The summed E-state index contributed by atoms with van der Waals surface area (Å²) in [4.78, 5) is 0. The van der Waals surface area contributed by atoms with Crippen molar-refractivity contribution >= 4 is 23.5 Å². The van der Waals surface area contributed by atoms with E-state index in [0.717, 1.165) is 0 Å². The maximum absolute atomic E-state index is 2.20. The van der Waals surface area contributed by atoms with Crippen molar-refractivity contribution in [1.29, 1.82) is 0 Å². The Hall–Kier alpha value is 0.700. The Morgan fingerprint density at radius 3 is 2.14 bits per heavy atom. The minimum absolute atomic E-state index is 1.35. The highest BCUT2D eigenvalue weighted by molar-refractivity contribution is 8.21. The van der Waals surface area contributed by atoms with E-state index in [1.807, 2.05) is 23.5 Å². The topological polar surface area (TPSA) is 0 Å². The maximum Gasteiger partial charge on any atom is -0.0357 e. The van der Waals surface area contributed by atoms with Crippen LogP contribution in [0.4, 0.5) is 0 Å². The van der Waals surface area contributed by atoms with Gasteiger partial charge >= 0.3 is 0 Å². The molecule has 0 nitrogen and oxygen atoms in total. The van der Waals surface area contributed by atoms with E-state index in [4.69, 9.17) is 0 Å². The number of thioether (sulfide) groups is 2. The fraction of sp³-hybridized carbons (Fsp3) is 0.800. The van der Waals surface area contributed by atoms with Crippen LogP contribution in [0.1, 0.15) is 13.3 Å². The van der Waals surface area contributed by atoms with Gasteiger partial charge in [-0.05, 0) is 17.9 Å². The predicted molar refractivity (Wildman–Crippen MR) is 38.5 cm³/mol. The van der Waals surface area contributed by atoms with Crippen molar-refractivity contribution in [2.75, 3.05) is 11.5 Å². The van der Waals surface area contributed by atoms with Crippen molar-refractivity contribution in [2.45, 2.75) is 13.3 Å². The molecule has 1 aliphatic rings. The summed E-state index contributed by atoms with van der Waals surface area (Å²) >= 11 is 4.00. The first-order valence-electron chi connectivity index (χ1n) is 2.49. The van der Waals surface area contributed by atoms with E-state index in [-0.39, 0.29) is 0 Å². The lowest BCUT2D eigenvalue weighted by Gasteiger charge is -2.30. The maximum atomic E-state index is 2.20. The summed E-state index contributed by atoms with van der Waals surface area (Å²) in [5, 5.41) is 0. The van der Waals surface area contributed by atoms with Gasteiger partial charge in [0.2, 0.25) is 0 Å². The van der Waals surface area contributed by atoms with E-state index in [9.17, 15) is 0 Å². The molecule has 1 fully saturated rings. The smallest absolute Gasteiger partial charge is 0.0357 e. The van der Waals surface area contributed by atoms with E-state index in [1.54, 1.807) is 4.58 Å². The molecule has 0 radical (unpaired) electrons. The predicted octanol–water partition coefficient (Wildman–Crippen LogP) is 2.37. The third-order valence-corrected chi connectivity index (χ3v) is 3.41. The normalized spacial score (nSPS) is 25.3. The van der Waals surface area contributed by atoms with Crippen LogP contribution >= 0.6 is 23.5 Å². The van der Waals surface area contributed by atoms with Gasteiger partial charge in [-0.15, -0.1) is 0 Å². The Morgan fingerprint density at radius 1 is 1.29 bits per heavy atom. The van der Waals surface area contributed by atoms with Gasteiger partial charge in [0.05, 0.1) is 0 Å². The highest BCUT2D eigenvalue weighted by Gasteiger charge is 1.93. The zero-order chi connectivity index (χ0) is 5.11. The number of rotatable bonds is 0. The SMILES string of the molecule is C[C-]1SCCCS1. The zero-order valence-corrected chi connectivity index (χ0v) is 6.07. The molecule has 0 aromatic rings. The summed E-state index contributed by atoms with van der Waals surface area (Å²) in [5.41, 5.74) is 0. The molecule has 42 valence electrons. The summed E-state index contributed by atoms with van der Waals surface area (Å²) in [7, 11) is 0. The third kappa shape index (κ3) is 1.96. The summed E-state index contributed by atoms with van der Waals surface area (Å²) in [6.45, 7) is 2.20. The molecule has 0 amide bonds. The molecule has 1 saturated heterocycles. The lowest BCUT2D eigenvalue weighted by Crippen LogP contribution is -1.94. The van der Waals surface area contributed by atoms with Crippen molar-refractivity contribution in [2.24, 2.45) is 0 Å². The van der Waals surface area contributed by atoms with Gasteiger partial charge in [0.1, 0.15) is 0 Å². The molecule has 0 bridgehead atoms. The molecule has 1 rings (SSSR count). The lowest BCUT2D eigenvalue weighted by atomic mass is 10.6. The van der Waals surface area contributed by atoms with Gasteiger partial charge in [0.25, 0.3) is 0 Å². The van der Waals surface area contributed by atoms with E-state index in [0.29, 0.717) is 0 Å². The Bertz CT molecular complexity index is 48.0. The molecule has 7 heavy (non-hydrogen) atoms. The van der Waals surface area contributed by atoms with Crippen molar-refractivity contribution in [1.82, 2.24) is 0 Å². The van der Waals surface area contributed by atoms with Gasteiger partial charge < -0.3 is 23.5 Å². The Balaban J connectivity index is 2.12. The number of hydrogen-bond donors (Lipinski definition) is 0. The lowest BCUT2D eigenvalue weighted by molar-refractivity contribution is 1.12. The van der Waals surface area contributed by atoms with Crippen LogP contribution in [0.15, 0.2) is 0 Å². The van der Waals surface area contributed by atoms with E-state index >= 15 is 0 Å². The highest BCUT2D eigenvalue weighted by atomic mass is 32.2. The van der Waals surface area contributed by atoms with Gasteiger partial charge in [0.15, 0.2) is 0 Å². The van der Waals surface area contributed by atoms with Crippen LogP contribution in [0.2, 0.25) is 0 Å². The standard InChI is InChI=1S/C5H9S2/c1-5-6-3-2-4-7-5/h2-4H2,1H3/q-1. The second kappa shape index (κ2) is 2.88. The summed E-state index contributed by atoms with van der Waals surface area (Å²) in [6.07, 6.45) is 1.40. The fourth-order valence-electron chi connectivity index (χ4n) is 0.532. The average Bonchev–Trinajstić information content (AvgIpc) is 1.69. The van der Waals surface area contributed by atoms with Crippen LogP contribution in [0.3, 0.4) is 0 Å². The molecule has 0 N–H and O–H groups in total. The van der Waals surface area contributed by atoms with E-state index in [2.05, 4.69) is 6.92 Å². The van der Waals surface area contributed by atoms with Crippen LogP contribution in [0.5, 0.6) is 0 Å². The van der Waals surface area contributed by atoms with Gasteiger partial charge in [0, 0.05) is 0 Å². The molecule has 0 spiro atoms. The van der Waals surface area contributed by atoms with Gasteiger partial charge in [-0.3, -0.25) is 0 Å². The first kappa shape index (κ1) is 5.83. The van der Waals surface area contributed by atoms with Crippen molar-refractivity contribution in [3.8, 4) is 0 Å². The fourth-order valence-corrected chi connectivity index (χ4v) is 2.70. The molecule has 0 aromatic heterocycles. The van der Waals surface area contributed by atoms with E-state index < -0.39 is 0 Å². The molecule has 0 aromatic carbocycles. The molecule has 2 heteroatoms. The van der Waals surface area contributed by atoms with E-state index in [1.165, 1.54) is 17.9 Å². The third-order valence-electron chi connectivity index (χ3n) is 0.899. The van der Waals surface area contributed by atoms with Crippen molar-refractivity contribution < 1.29 is 0 Å². The van der Waals surface area contributed by atoms with Gasteiger partial charge in [-0.25, -0.2) is 4.58 Å². The summed E-state index contributed by atoms with van der Waals surface area (Å²) < 4.78 is 1.55. The van der Waals surface area contributed by atoms with Crippen LogP contribution in [0, 0.1) is 4.58 Å². The zero-order valence-electron chi connectivity index (χ0n) is 4.44. The van der Waals surface area contributed by atoms with Gasteiger partial charge in [-0.1, -0.05) is 0 Å². The van der Waals surface area contributed by atoms with Crippen LogP contribution in [0.25, 0.3) is 0 Å². The van der Waals surface area contributed by atoms with Crippen molar-refractivity contribution in [3.05, 3.63) is 4.58 Å². The van der Waals surface area contributed by atoms with Crippen LogP contribution in [-0.4, -0.2) is 11.5 Å². The Morgan fingerprint density at radius 2 is 1.86 bits per heavy atom. The summed E-state index contributed by atoms with van der Waals surface area (Å²) in [6, 6.07) is 0. The highest BCUT2D eigenvalue weighted by Crippen LogP contribution is 2.36. The molecule has 0 atom stereocenters. The minimum atomic E-state index is 1.35.